The fourth-order valence-corrected chi connectivity index (χ4v) is 4.68. The van der Waals surface area contributed by atoms with Gasteiger partial charge in [-0.25, -0.2) is 14.8 Å². The number of hydrogen-bond donors (Lipinski definition) is 2. The molecule has 4 aromatic heterocycles. The Morgan fingerprint density at radius 2 is 1.85 bits per heavy atom. The van der Waals surface area contributed by atoms with Gasteiger partial charge in [0.15, 0.2) is 10.9 Å². The number of hydrogen-bond acceptors (Lipinski definition) is 9. The van der Waals surface area contributed by atoms with Crippen LogP contribution in [0.2, 0.25) is 0 Å². The SMILES string of the molecule is CC(C)c1cnnc(Nc2ccc3ncc(-c4cnc(N5CCN(C(=O)O)CC5)s4)cc3n2)c1. The molecule has 0 aliphatic carbocycles. The van der Waals surface area contributed by atoms with Crippen molar-refractivity contribution in [1.29, 1.82) is 0 Å². The van der Waals surface area contributed by atoms with Crippen LogP contribution in [0.5, 0.6) is 0 Å². The van der Waals surface area contributed by atoms with E-state index in [0.29, 0.717) is 43.7 Å². The van der Waals surface area contributed by atoms with Crippen molar-refractivity contribution < 1.29 is 9.90 Å². The number of fused-ring (bicyclic) bond motifs is 1. The zero-order valence-electron chi connectivity index (χ0n) is 18.8. The lowest BCUT2D eigenvalue weighted by molar-refractivity contribution is 0.142. The van der Waals surface area contributed by atoms with Gasteiger partial charge in [-0.3, -0.25) is 4.98 Å². The van der Waals surface area contributed by atoms with Gasteiger partial charge < -0.3 is 20.2 Å². The van der Waals surface area contributed by atoms with Crippen LogP contribution in [0.15, 0.2) is 42.9 Å². The first-order valence-electron chi connectivity index (χ1n) is 11.0. The number of piperazine rings is 1. The van der Waals surface area contributed by atoms with Gasteiger partial charge in [-0.2, -0.15) is 5.10 Å². The van der Waals surface area contributed by atoms with E-state index in [2.05, 4.69) is 44.2 Å². The lowest BCUT2D eigenvalue weighted by Gasteiger charge is -2.32. The molecule has 1 aliphatic heterocycles. The van der Waals surface area contributed by atoms with Gasteiger partial charge in [0, 0.05) is 44.1 Å². The van der Waals surface area contributed by atoms with Gasteiger partial charge in [-0.1, -0.05) is 25.2 Å². The number of carboxylic acid groups (broad SMARTS) is 1. The van der Waals surface area contributed by atoms with E-state index < -0.39 is 6.09 Å². The molecule has 11 heteroatoms. The summed E-state index contributed by atoms with van der Waals surface area (Å²) in [6.45, 7) is 6.45. The van der Waals surface area contributed by atoms with Crippen LogP contribution in [0, 0.1) is 0 Å². The number of anilines is 3. The average molecular weight is 477 g/mol. The Morgan fingerprint density at radius 1 is 1.03 bits per heavy atom. The molecule has 0 bridgehead atoms. The topological polar surface area (TPSA) is 120 Å². The maximum atomic E-state index is 11.1. The quantitative estimate of drug-likeness (QED) is 0.436. The standard InChI is InChI=1S/C23H24N8O2S/c1-14(2)15-10-21(29-26-12-15)28-20-4-3-17-18(27-20)9-16(11-24-17)19-13-25-22(34-19)30-5-7-31(8-6-30)23(32)33/h3-4,9-14H,5-8H2,1-2H3,(H,32,33)(H,27,28,29). The average Bonchev–Trinajstić information content (AvgIpc) is 3.34. The van der Waals surface area contributed by atoms with Crippen LogP contribution in [-0.4, -0.2) is 67.4 Å². The summed E-state index contributed by atoms with van der Waals surface area (Å²) in [7, 11) is 0. The van der Waals surface area contributed by atoms with Gasteiger partial charge in [0.05, 0.1) is 22.1 Å². The molecular formula is C23H24N8O2S. The number of pyridine rings is 2. The highest BCUT2D eigenvalue weighted by molar-refractivity contribution is 7.18. The van der Waals surface area contributed by atoms with Gasteiger partial charge in [-0.05, 0) is 35.7 Å². The van der Waals surface area contributed by atoms with E-state index in [0.717, 1.165) is 32.2 Å². The van der Waals surface area contributed by atoms with Crippen LogP contribution in [0.4, 0.5) is 21.6 Å². The molecule has 0 atom stereocenters. The van der Waals surface area contributed by atoms with Crippen molar-refractivity contribution >= 4 is 45.2 Å². The highest BCUT2D eigenvalue weighted by Crippen LogP contribution is 2.32. The minimum absolute atomic E-state index is 0.359. The Labute approximate surface area is 200 Å². The van der Waals surface area contributed by atoms with Crippen molar-refractivity contribution in [3.05, 3.63) is 48.4 Å². The van der Waals surface area contributed by atoms with E-state index in [1.807, 2.05) is 36.7 Å². The maximum absolute atomic E-state index is 11.1. The summed E-state index contributed by atoms with van der Waals surface area (Å²) in [5.74, 6) is 1.68. The van der Waals surface area contributed by atoms with Crippen LogP contribution in [0.25, 0.3) is 21.5 Å². The minimum atomic E-state index is -0.872. The molecule has 0 aromatic carbocycles. The summed E-state index contributed by atoms with van der Waals surface area (Å²) in [5, 5.41) is 21.5. The third-order valence-corrected chi connectivity index (χ3v) is 6.84. The lowest BCUT2D eigenvalue weighted by Crippen LogP contribution is -2.48. The second-order valence-corrected chi connectivity index (χ2v) is 9.39. The van der Waals surface area contributed by atoms with Gasteiger partial charge >= 0.3 is 6.09 Å². The molecule has 5 heterocycles. The fraction of sp³-hybridized carbons (Fsp3) is 0.304. The molecule has 10 nitrogen and oxygen atoms in total. The predicted octanol–water partition coefficient (Wildman–Crippen LogP) is 4.21. The first-order valence-corrected chi connectivity index (χ1v) is 11.8. The van der Waals surface area contributed by atoms with Crippen LogP contribution in [0.1, 0.15) is 25.3 Å². The Hall–Kier alpha value is -3.86. The molecule has 1 saturated heterocycles. The fourth-order valence-electron chi connectivity index (χ4n) is 3.73. The second kappa shape index (κ2) is 9.18. The lowest BCUT2D eigenvalue weighted by atomic mass is 10.1. The van der Waals surface area contributed by atoms with E-state index in [-0.39, 0.29) is 0 Å². The molecule has 0 radical (unpaired) electrons. The van der Waals surface area contributed by atoms with Crippen molar-refractivity contribution in [2.24, 2.45) is 0 Å². The number of amides is 1. The Balaban J connectivity index is 1.35. The minimum Gasteiger partial charge on any atom is -0.465 e. The number of carbonyl (C=O) groups is 1. The molecule has 1 fully saturated rings. The first-order chi connectivity index (χ1) is 16.5. The van der Waals surface area contributed by atoms with Crippen molar-refractivity contribution in [1.82, 2.24) is 30.0 Å². The molecule has 1 amide bonds. The van der Waals surface area contributed by atoms with Gasteiger partial charge in [0.1, 0.15) is 5.82 Å². The van der Waals surface area contributed by atoms with Crippen LogP contribution in [0.3, 0.4) is 0 Å². The molecule has 2 N–H and O–H groups in total. The second-order valence-electron chi connectivity index (χ2n) is 8.38. The first kappa shape index (κ1) is 22.0. The molecule has 0 saturated carbocycles. The number of nitrogens with zero attached hydrogens (tertiary/aromatic N) is 7. The highest BCUT2D eigenvalue weighted by Gasteiger charge is 2.22. The predicted molar refractivity (Wildman–Crippen MR) is 132 cm³/mol. The van der Waals surface area contributed by atoms with Crippen LogP contribution in [-0.2, 0) is 0 Å². The molecule has 0 spiro atoms. The number of aromatic nitrogens is 5. The smallest absolute Gasteiger partial charge is 0.407 e. The third kappa shape index (κ3) is 4.60. The molecule has 174 valence electrons. The van der Waals surface area contributed by atoms with E-state index in [9.17, 15) is 4.79 Å². The zero-order valence-corrected chi connectivity index (χ0v) is 19.7. The Kier molecular flexibility index (Phi) is 5.93. The number of thiazole rings is 1. The van der Waals surface area contributed by atoms with Crippen LogP contribution < -0.4 is 10.2 Å². The van der Waals surface area contributed by atoms with E-state index in [4.69, 9.17) is 10.1 Å². The van der Waals surface area contributed by atoms with Gasteiger partial charge in [0.25, 0.3) is 0 Å². The zero-order chi connectivity index (χ0) is 23.7. The molecular weight excluding hydrogens is 452 g/mol. The summed E-state index contributed by atoms with van der Waals surface area (Å²) < 4.78 is 0. The summed E-state index contributed by atoms with van der Waals surface area (Å²) in [5.41, 5.74) is 3.60. The molecule has 4 aromatic rings. The van der Waals surface area contributed by atoms with Crippen molar-refractivity contribution in [2.45, 2.75) is 19.8 Å². The normalized spacial score (nSPS) is 14.1. The molecule has 1 aliphatic rings. The third-order valence-electron chi connectivity index (χ3n) is 5.73. The van der Waals surface area contributed by atoms with Gasteiger partial charge in [-0.15, -0.1) is 5.10 Å². The summed E-state index contributed by atoms with van der Waals surface area (Å²) in [6, 6.07) is 7.78. The van der Waals surface area contributed by atoms with E-state index in [1.54, 1.807) is 17.5 Å². The molecule has 0 unspecified atom stereocenters. The van der Waals surface area contributed by atoms with Crippen LogP contribution >= 0.6 is 11.3 Å². The van der Waals surface area contributed by atoms with Crippen molar-refractivity contribution in [3.63, 3.8) is 0 Å². The maximum Gasteiger partial charge on any atom is 0.407 e. The number of nitrogens with one attached hydrogen (secondary N) is 1. The van der Waals surface area contributed by atoms with Crippen molar-refractivity contribution in [2.75, 3.05) is 36.4 Å². The van der Waals surface area contributed by atoms with E-state index in [1.165, 1.54) is 4.90 Å². The van der Waals surface area contributed by atoms with E-state index >= 15 is 0 Å². The Bertz CT molecular complexity index is 1330. The van der Waals surface area contributed by atoms with Crippen molar-refractivity contribution in [3.8, 4) is 10.4 Å². The monoisotopic (exact) mass is 476 g/mol. The summed E-state index contributed by atoms with van der Waals surface area (Å²) >= 11 is 1.57. The largest absolute Gasteiger partial charge is 0.465 e. The number of rotatable bonds is 5. The summed E-state index contributed by atoms with van der Waals surface area (Å²) in [6.07, 6.45) is 4.56. The highest BCUT2D eigenvalue weighted by atomic mass is 32.1. The Morgan fingerprint density at radius 3 is 2.62 bits per heavy atom. The van der Waals surface area contributed by atoms with Gasteiger partial charge in [0.2, 0.25) is 0 Å². The summed E-state index contributed by atoms with van der Waals surface area (Å²) in [4.78, 5) is 29.5. The molecule has 34 heavy (non-hydrogen) atoms. The molecule has 5 rings (SSSR count).